The van der Waals surface area contributed by atoms with Gasteiger partial charge >= 0.3 is 0 Å². The van der Waals surface area contributed by atoms with Crippen LogP contribution in [-0.4, -0.2) is 50.0 Å². The summed E-state index contributed by atoms with van der Waals surface area (Å²) in [5, 5.41) is 15.5. The fraction of sp³-hybridized carbons (Fsp3) is 0.923. The zero-order valence-corrected chi connectivity index (χ0v) is 11.4. The Balaban J connectivity index is 2.08. The predicted molar refractivity (Wildman–Crippen MR) is 70.3 cm³/mol. The van der Waals surface area contributed by atoms with Crippen molar-refractivity contribution in [2.75, 3.05) is 26.8 Å². The second-order valence-electron chi connectivity index (χ2n) is 5.10. The molecule has 18 heavy (non-hydrogen) atoms. The standard InChI is InChI=1S/C13H26N2O3/c1-10(13(17)14-6-3-7-18-2)15-9-11-4-5-12(16)8-11/h10-12,15-16H,3-9H2,1-2H3,(H,14,17). The molecule has 0 bridgehead atoms. The number of rotatable bonds is 8. The lowest BCUT2D eigenvalue weighted by Gasteiger charge is -2.17. The average Bonchev–Trinajstić information content (AvgIpc) is 2.77. The Morgan fingerprint density at radius 1 is 1.50 bits per heavy atom. The van der Waals surface area contributed by atoms with Gasteiger partial charge in [0.05, 0.1) is 12.1 Å². The molecule has 0 aromatic rings. The monoisotopic (exact) mass is 258 g/mol. The van der Waals surface area contributed by atoms with Crippen molar-refractivity contribution in [1.82, 2.24) is 10.6 Å². The molecular weight excluding hydrogens is 232 g/mol. The van der Waals surface area contributed by atoms with Crippen molar-refractivity contribution in [3.8, 4) is 0 Å². The van der Waals surface area contributed by atoms with Gasteiger partial charge in [0.15, 0.2) is 0 Å². The summed E-state index contributed by atoms with van der Waals surface area (Å²) in [6, 6.07) is -0.176. The van der Waals surface area contributed by atoms with Crippen LogP contribution in [0.3, 0.4) is 0 Å². The van der Waals surface area contributed by atoms with Crippen LogP contribution in [0.15, 0.2) is 0 Å². The zero-order chi connectivity index (χ0) is 13.4. The average molecular weight is 258 g/mol. The lowest BCUT2D eigenvalue weighted by Crippen LogP contribution is -2.44. The van der Waals surface area contributed by atoms with Gasteiger partial charge in [-0.25, -0.2) is 0 Å². The van der Waals surface area contributed by atoms with E-state index in [9.17, 15) is 9.90 Å². The molecule has 1 aliphatic rings. The minimum Gasteiger partial charge on any atom is -0.393 e. The Labute approximate surface area is 109 Å². The molecule has 3 unspecified atom stereocenters. The van der Waals surface area contributed by atoms with Gasteiger partial charge in [-0.1, -0.05) is 0 Å². The molecule has 0 saturated heterocycles. The van der Waals surface area contributed by atoms with Crippen molar-refractivity contribution < 1.29 is 14.6 Å². The fourth-order valence-electron chi connectivity index (χ4n) is 2.25. The highest BCUT2D eigenvalue weighted by Crippen LogP contribution is 2.24. The van der Waals surface area contributed by atoms with E-state index in [4.69, 9.17) is 4.74 Å². The normalized spacial score (nSPS) is 25.1. The minimum absolute atomic E-state index is 0.0321. The summed E-state index contributed by atoms with van der Waals surface area (Å²) in [6.45, 7) is 4.00. The van der Waals surface area contributed by atoms with Crippen molar-refractivity contribution in [1.29, 1.82) is 0 Å². The maximum absolute atomic E-state index is 11.7. The van der Waals surface area contributed by atoms with Crippen LogP contribution in [0, 0.1) is 5.92 Å². The van der Waals surface area contributed by atoms with Crippen LogP contribution in [0.5, 0.6) is 0 Å². The smallest absolute Gasteiger partial charge is 0.236 e. The fourth-order valence-corrected chi connectivity index (χ4v) is 2.25. The number of aliphatic hydroxyl groups is 1. The molecule has 0 spiro atoms. The highest BCUT2D eigenvalue weighted by Gasteiger charge is 2.23. The van der Waals surface area contributed by atoms with Crippen molar-refractivity contribution in [2.45, 2.75) is 44.8 Å². The number of aliphatic hydroxyl groups excluding tert-OH is 1. The first-order valence-corrected chi connectivity index (χ1v) is 6.81. The van der Waals surface area contributed by atoms with Crippen LogP contribution in [0.25, 0.3) is 0 Å². The lowest BCUT2D eigenvalue weighted by atomic mass is 10.1. The zero-order valence-electron chi connectivity index (χ0n) is 11.4. The highest BCUT2D eigenvalue weighted by molar-refractivity contribution is 5.81. The Kier molecular flexibility index (Phi) is 7.23. The van der Waals surface area contributed by atoms with Gasteiger partial charge in [-0.2, -0.15) is 0 Å². The number of hydrogen-bond donors (Lipinski definition) is 3. The van der Waals surface area contributed by atoms with Gasteiger partial charge in [-0.15, -0.1) is 0 Å². The number of ether oxygens (including phenoxy) is 1. The molecule has 1 saturated carbocycles. The summed E-state index contributed by atoms with van der Waals surface area (Å²) < 4.78 is 4.92. The van der Waals surface area contributed by atoms with Crippen molar-refractivity contribution in [2.24, 2.45) is 5.92 Å². The maximum atomic E-state index is 11.7. The third-order valence-corrected chi connectivity index (χ3v) is 3.44. The van der Waals surface area contributed by atoms with E-state index in [0.717, 1.165) is 32.2 Å². The van der Waals surface area contributed by atoms with Crippen LogP contribution < -0.4 is 10.6 Å². The minimum atomic E-state index is -0.176. The molecular formula is C13H26N2O3. The molecule has 3 N–H and O–H groups in total. The molecule has 0 radical (unpaired) electrons. The summed E-state index contributed by atoms with van der Waals surface area (Å²) in [4.78, 5) is 11.7. The van der Waals surface area contributed by atoms with Crippen molar-refractivity contribution >= 4 is 5.91 Å². The maximum Gasteiger partial charge on any atom is 0.236 e. The van der Waals surface area contributed by atoms with E-state index in [2.05, 4.69) is 10.6 Å². The van der Waals surface area contributed by atoms with Crippen molar-refractivity contribution in [3.05, 3.63) is 0 Å². The van der Waals surface area contributed by atoms with E-state index in [1.165, 1.54) is 0 Å². The molecule has 106 valence electrons. The van der Waals surface area contributed by atoms with Crippen LogP contribution >= 0.6 is 0 Å². The number of carbonyl (C=O) groups excluding carboxylic acids is 1. The SMILES string of the molecule is COCCCNC(=O)C(C)NCC1CCC(O)C1. The lowest BCUT2D eigenvalue weighted by molar-refractivity contribution is -0.122. The highest BCUT2D eigenvalue weighted by atomic mass is 16.5. The molecule has 0 aromatic carbocycles. The Bertz CT molecular complexity index is 248. The summed E-state index contributed by atoms with van der Waals surface area (Å²) in [7, 11) is 1.65. The summed E-state index contributed by atoms with van der Waals surface area (Å²) >= 11 is 0. The van der Waals surface area contributed by atoms with Gasteiger partial charge < -0.3 is 20.5 Å². The van der Waals surface area contributed by atoms with E-state index in [-0.39, 0.29) is 18.1 Å². The van der Waals surface area contributed by atoms with Gasteiger partial charge in [0.25, 0.3) is 0 Å². The van der Waals surface area contributed by atoms with E-state index >= 15 is 0 Å². The molecule has 5 nitrogen and oxygen atoms in total. The van der Waals surface area contributed by atoms with Crippen LogP contribution in [0.1, 0.15) is 32.6 Å². The first-order chi connectivity index (χ1) is 8.63. The third-order valence-electron chi connectivity index (χ3n) is 3.44. The van der Waals surface area contributed by atoms with Gasteiger partial charge in [0.1, 0.15) is 0 Å². The molecule has 5 heteroatoms. The molecule has 1 fully saturated rings. The number of carbonyl (C=O) groups is 1. The molecule has 0 heterocycles. The Morgan fingerprint density at radius 2 is 2.28 bits per heavy atom. The van der Waals surface area contributed by atoms with Gasteiger partial charge in [-0.05, 0) is 45.1 Å². The molecule has 0 aromatic heterocycles. The molecule has 1 rings (SSSR count). The largest absolute Gasteiger partial charge is 0.393 e. The van der Waals surface area contributed by atoms with E-state index in [1.54, 1.807) is 7.11 Å². The molecule has 1 aliphatic carbocycles. The van der Waals surface area contributed by atoms with E-state index in [1.807, 2.05) is 6.92 Å². The van der Waals surface area contributed by atoms with E-state index < -0.39 is 0 Å². The van der Waals surface area contributed by atoms with Crippen LogP contribution in [0.2, 0.25) is 0 Å². The van der Waals surface area contributed by atoms with Gasteiger partial charge in [0.2, 0.25) is 5.91 Å². The summed E-state index contributed by atoms with van der Waals surface area (Å²) in [5.74, 6) is 0.536. The molecule has 1 amide bonds. The second kappa shape index (κ2) is 8.45. The van der Waals surface area contributed by atoms with Crippen LogP contribution in [-0.2, 0) is 9.53 Å². The third kappa shape index (κ3) is 5.80. The van der Waals surface area contributed by atoms with Crippen molar-refractivity contribution in [3.63, 3.8) is 0 Å². The molecule has 0 aliphatic heterocycles. The Hall–Kier alpha value is -0.650. The summed E-state index contributed by atoms with van der Waals surface area (Å²) in [6.07, 6.45) is 3.49. The molecule has 3 atom stereocenters. The first kappa shape index (κ1) is 15.4. The quantitative estimate of drug-likeness (QED) is 0.547. The number of amides is 1. The van der Waals surface area contributed by atoms with Crippen LogP contribution in [0.4, 0.5) is 0 Å². The predicted octanol–water partition coefficient (Wildman–Crippen LogP) is 0.278. The van der Waals surface area contributed by atoms with Gasteiger partial charge in [0, 0.05) is 20.3 Å². The van der Waals surface area contributed by atoms with E-state index in [0.29, 0.717) is 19.1 Å². The summed E-state index contributed by atoms with van der Waals surface area (Å²) in [5.41, 5.74) is 0. The number of methoxy groups -OCH3 is 1. The second-order valence-corrected chi connectivity index (χ2v) is 5.10. The number of hydrogen-bond acceptors (Lipinski definition) is 4. The first-order valence-electron chi connectivity index (χ1n) is 6.81. The number of nitrogens with one attached hydrogen (secondary N) is 2. The Morgan fingerprint density at radius 3 is 2.89 bits per heavy atom. The van der Waals surface area contributed by atoms with Gasteiger partial charge in [-0.3, -0.25) is 4.79 Å². The topological polar surface area (TPSA) is 70.6 Å².